The van der Waals surface area contributed by atoms with Gasteiger partial charge in [0.2, 0.25) is 10.0 Å². The van der Waals surface area contributed by atoms with Gasteiger partial charge in [-0.25, -0.2) is 13.6 Å². The molecular formula is C15H17IN2O2S. The third kappa shape index (κ3) is 4.77. The van der Waals surface area contributed by atoms with Gasteiger partial charge in [0, 0.05) is 16.2 Å². The van der Waals surface area contributed by atoms with Crippen LogP contribution in [0.1, 0.15) is 24.1 Å². The molecule has 1 atom stereocenters. The Morgan fingerprint density at radius 2 is 1.67 bits per heavy atom. The van der Waals surface area contributed by atoms with Crippen LogP contribution in [0, 0.1) is 3.57 Å². The topological polar surface area (TPSA) is 72.2 Å². The lowest BCUT2D eigenvalue weighted by molar-refractivity contribution is 0.574. The molecule has 0 radical (unpaired) electrons. The number of primary sulfonamides is 1. The van der Waals surface area contributed by atoms with Crippen molar-refractivity contribution in [2.75, 3.05) is 0 Å². The average Bonchev–Trinajstić information content (AvgIpc) is 2.45. The molecule has 2 aromatic rings. The van der Waals surface area contributed by atoms with Gasteiger partial charge < -0.3 is 5.32 Å². The van der Waals surface area contributed by atoms with Gasteiger partial charge in [0.05, 0.1) is 4.90 Å². The van der Waals surface area contributed by atoms with Crippen molar-refractivity contribution in [3.05, 3.63) is 63.2 Å². The molecule has 0 heterocycles. The number of hydrogen-bond donors (Lipinski definition) is 2. The summed E-state index contributed by atoms with van der Waals surface area (Å²) < 4.78 is 23.6. The molecule has 0 saturated carbocycles. The Labute approximate surface area is 138 Å². The highest BCUT2D eigenvalue weighted by atomic mass is 127. The van der Waals surface area contributed by atoms with Crippen LogP contribution in [0.4, 0.5) is 0 Å². The zero-order valence-corrected chi connectivity index (χ0v) is 14.6. The predicted molar refractivity (Wildman–Crippen MR) is 92.2 cm³/mol. The summed E-state index contributed by atoms with van der Waals surface area (Å²) in [6.07, 6.45) is 0. The molecular weight excluding hydrogens is 399 g/mol. The van der Waals surface area contributed by atoms with E-state index in [-0.39, 0.29) is 10.9 Å². The van der Waals surface area contributed by atoms with Gasteiger partial charge in [-0.15, -0.1) is 0 Å². The maximum atomic E-state index is 11.2. The number of nitrogens with two attached hydrogens (primary N) is 1. The largest absolute Gasteiger partial charge is 0.306 e. The number of halogens is 1. The van der Waals surface area contributed by atoms with Crippen LogP contribution < -0.4 is 10.5 Å². The van der Waals surface area contributed by atoms with Gasteiger partial charge in [0.1, 0.15) is 0 Å². The normalized spacial score (nSPS) is 13.1. The Morgan fingerprint density at radius 1 is 1.10 bits per heavy atom. The summed E-state index contributed by atoms with van der Waals surface area (Å²) in [7, 11) is -3.62. The molecule has 0 saturated heterocycles. The average molecular weight is 416 g/mol. The summed E-state index contributed by atoms with van der Waals surface area (Å²) in [5.41, 5.74) is 2.23. The Balaban J connectivity index is 1.98. The van der Waals surface area contributed by atoms with Crippen molar-refractivity contribution in [2.45, 2.75) is 24.4 Å². The second-order valence-corrected chi connectivity index (χ2v) is 7.65. The molecule has 112 valence electrons. The smallest absolute Gasteiger partial charge is 0.238 e. The first-order valence-corrected chi connectivity index (χ1v) is 9.09. The second-order valence-electron chi connectivity index (χ2n) is 4.84. The molecule has 0 aliphatic heterocycles. The quantitative estimate of drug-likeness (QED) is 0.737. The number of nitrogens with one attached hydrogen (secondary N) is 1. The molecule has 1 unspecified atom stereocenters. The first-order valence-electron chi connectivity index (χ1n) is 6.47. The van der Waals surface area contributed by atoms with E-state index in [0.717, 1.165) is 5.56 Å². The van der Waals surface area contributed by atoms with Crippen molar-refractivity contribution in [1.29, 1.82) is 0 Å². The van der Waals surface area contributed by atoms with Crippen LogP contribution in [-0.2, 0) is 16.6 Å². The zero-order valence-electron chi connectivity index (χ0n) is 11.6. The van der Waals surface area contributed by atoms with Gasteiger partial charge in [-0.05, 0) is 64.9 Å². The minimum atomic E-state index is -3.62. The monoisotopic (exact) mass is 416 g/mol. The summed E-state index contributed by atoms with van der Waals surface area (Å²) >= 11 is 2.28. The lowest BCUT2D eigenvalue weighted by atomic mass is 10.1. The van der Waals surface area contributed by atoms with E-state index in [4.69, 9.17) is 5.14 Å². The van der Waals surface area contributed by atoms with Gasteiger partial charge in [0.15, 0.2) is 0 Å². The van der Waals surface area contributed by atoms with E-state index >= 15 is 0 Å². The molecule has 21 heavy (non-hydrogen) atoms. The van der Waals surface area contributed by atoms with Crippen LogP contribution >= 0.6 is 22.6 Å². The summed E-state index contributed by atoms with van der Waals surface area (Å²) in [6.45, 7) is 2.76. The van der Waals surface area contributed by atoms with Crippen LogP contribution in [0.2, 0.25) is 0 Å². The highest BCUT2D eigenvalue weighted by molar-refractivity contribution is 14.1. The van der Waals surface area contributed by atoms with Gasteiger partial charge >= 0.3 is 0 Å². The molecule has 6 heteroatoms. The molecule has 0 amide bonds. The Kier molecular flexibility index (Phi) is 5.37. The van der Waals surface area contributed by atoms with Gasteiger partial charge in [-0.2, -0.15) is 0 Å². The van der Waals surface area contributed by atoms with Crippen LogP contribution in [0.3, 0.4) is 0 Å². The van der Waals surface area contributed by atoms with E-state index in [1.54, 1.807) is 12.1 Å². The summed E-state index contributed by atoms with van der Waals surface area (Å²) in [5, 5.41) is 8.48. The fourth-order valence-corrected chi connectivity index (χ4v) is 2.81. The third-order valence-electron chi connectivity index (χ3n) is 3.23. The maximum absolute atomic E-state index is 11.2. The van der Waals surface area contributed by atoms with Gasteiger partial charge in [-0.3, -0.25) is 0 Å². The Morgan fingerprint density at radius 3 is 2.19 bits per heavy atom. The number of benzene rings is 2. The molecule has 0 spiro atoms. The predicted octanol–water partition coefficient (Wildman–Crippen LogP) is 2.79. The highest BCUT2D eigenvalue weighted by Gasteiger charge is 2.08. The fourth-order valence-electron chi connectivity index (χ4n) is 1.94. The molecule has 2 rings (SSSR count). The lowest BCUT2D eigenvalue weighted by Gasteiger charge is -2.14. The molecule has 3 N–H and O–H groups in total. The maximum Gasteiger partial charge on any atom is 0.238 e. The minimum absolute atomic E-state index is 0.136. The molecule has 0 aliphatic rings. The molecule has 0 aliphatic carbocycles. The second kappa shape index (κ2) is 6.87. The van der Waals surface area contributed by atoms with Crippen molar-refractivity contribution in [1.82, 2.24) is 5.32 Å². The Hall–Kier alpha value is -0.960. The van der Waals surface area contributed by atoms with Crippen LogP contribution in [-0.4, -0.2) is 8.42 Å². The summed E-state index contributed by atoms with van der Waals surface area (Å²) in [6, 6.07) is 15.2. The third-order valence-corrected chi connectivity index (χ3v) is 4.88. The first-order chi connectivity index (χ1) is 9.86. The van der Waals surface area contributed by atoms with Crippen molar-refractivity contribution in [3.63, 3.8) is 0 Å². The molecule has 0 bridgehead atoms. The van der Waals surface area contributed by atoms with Gasteiger partial charge in [-0.1, -0.05) is 24.3 Å². The van der Waals surface area contributed by atoms with E-state index in [0.29, 0.717) is 6.54 Å². The zero-order chi connectivity index (χ0) is 15.5. The van der Waals surface area contributed by atoms with E-state index < -0.39 is 10.0 Å². The van der Waals surface area contributed by atoms with E-state index in [1.807, 2.05) is 0 Å². The van der Waals surface area contributed by atoms with Crippen molar-refractivity contribution < 1.29 is 8.42 Å². The van der Waals surface area contributed by atoms with Crippen molar-refractivity contribution in [3.8, 4) is 0 Å². The van der Waals surface area contributed by atoms with Crippen molar-refractivity contribution in [2.24, 2.45) is 5.14 Å². The number of sulfonamides is 1. The van der Waals surface area contributed by atoms with E-state index in [9.17, 15) is 8.42 Å². The summed E-state index contributed by atoms with van der Waals surface area (Å²) in [5.74, 6) is 0. The minimum Gasteiger partial charge on any atom is -0.306 e. The van der Waals surface area contributed by atoms with Crippen LogP contribution in [0.5, 0.6) is 0 Å². The lowest BCUT2D eigenvalue weighted by Crippen LogP contribution is -2.18. The molecule has 0 fully saturated rings. The molecule has 4 nitrogen and oxygen atoms in total. The summed E-state index contributed by atoms with van der Waals surface area (Å²) in [4.78, 5) is 0.136. The SMILES string of the molecule is CC(NCc1ccc(S(N)(=O)=O)cc1)c1ccc(I)cc1. The van der Waals surface area contributed by atoms with Gasteiger partial charge in [0.25, 0.3) is 0 Å². The van der Waals surface area contributed by atoms with Crippen LogP contribution in [0.25, 0.3) is 0 Å². The Bertz CT molecular complexity index is 697. The van der Waals surface area contributed by atoms with E-state index in [1.165, 1.54) is 21.3 Å². The molecule has 0 aromatic heterocycles. The number of hydrogen-bond acceptors (Lipinski definition) is 3. The van der Waals surface area contributed by atoms with Crippen molar-refractivity contribution >= 4 is 32.6 Å². The van der Waals surface area contributed by atoms with Crippen LogP contribution in [0.15, 0.2) is 53.4 Å². The van der Waals surface area contributed by atoms with E-state index in [2.05, 4.69) is 59.1 Å². The highest BCUT2D eigenvalue weighted by Crippen LogP contribution is 2.15. The first kappa shape index (κ1) is 16.4. The fraction of sp³-hybridized carbons (Fsp3) is 0.200. The molecule has 2 aromatic carbocycles. The number of rotatable bonds is 5. The standard InChI is InChI=1S/C15H17IN2O2S/c1-11(13-4-6-14(16)7-5-13)18-10-12-2-8-15(9-3-12)21(17,19)20/h2-9,11,18H,10H2,1H3,(H2,17,19,20).